The van der Waals surface area contributed by atoms with Gasteiger partial charge in [0.2, 0.25) is 0 Å². The minimum atomic E-state index is 0.964. The van der Waals surface area contributed by atoms with Crippen molar-refractivity contribution in [3.8, 4) is 0 Å². The van der Waals surface area contributed by atoms with Crippen molar-refractivity contribution in [1.82, 2.24) is 9.80 Å². The molecule has 0 aromatic carbocycles. The van der Waals surface area contributed by atoms with Crippen molar-refractivity contribution < 1.29 is 0 Å². The Kier molecular flexibility index (Phi) is 2.69. The van der Waals surface area contributed by atoms with E-state index in [9.17, 15) is 0 Å². The van der Waals surface area contributed by atoms with E-state index in [-0.39, 0.29) is 0 Å². The molecule has 0 spiro atoms. The maximum Gasteiger partial charge on any atom is 0.0179 e. The fourth-order valence-corrected chi connectivity index (χ4v) is 5.41. The van der Waals surface area contributed by atoms with Crippen molar-refractivity contribution in [3.05, 3.63) is 0 Å². The van der Waals surface area contributed by atoms with E-state index in [1.54, 1.807) is 0 Å². The van der Waals surface area contributed by atoms with Crippen LogP contribution >= 0.6 is 0 Å². The zero-order valence-corrected chi connectivity index (χ0v) is 11.0. The summed E-state index contributed by atoms with van der Waals surface area (Å²) in [5.41, 5.74) is 0. The lowest BCUT2D eigenvalue weighted by Crippen LogP contribution is -2.65. The molecular weight excluding hydrogens is 208 g/mol. The van der Waals surface area contributed by atoms with Crippen LogP contribution in [-0.4, -0.2) is 48.1 Å². The van der Waals surface area contributed by atoms with Crippen LogP contribution in [0.3, 0.4) is 0 Å². The van der Waals surface area contributed by atoms with Crippen molar-refractivity contribution in [3.63, 3.8) is 0 Å². The second-order valence-electron chi connectivity index (χ2n) is 6.79. The Hall–Kier alpha value is -0.0800. The minimum absolute atomic E-state index is 0.964. The zero-order valence-electron chi connectivity index (χ0n) is 11.0. The predicted molar refractivity (Wildman–Crippen MR) is 70.0 cm³/mol. The summed E-state index contributed by atoms with van der Waals surface area (Å²) in [6.07, 6.45) is 10.4. The average Bonchev–Trinajstić information content (AvgIpc) is 2.39. The molecule has 4 aliphatic rings. The predicted octanol–water partition coefficient (Wildman–Crippen LogP) is 2.35. The van der Waals surface area contributed by atoms with Gasteiger partial charge in [0.25, 0.3) is 0 Å². The molecule has 17 heavy (non-hydrogen) atoms. The van der Waals surface area contributed by atoms with Gasteiger partial charge in [-0.1, -0.05) is 6.42 Å². The van der Waals surface area contributed by atoms with Crippen molar-refractivity contribution in [2.75, 3.05) is 26.2 Å². The van der Waals surface area contributed by atoms with Gasteiger partial charge in [0, 0.05) is 18.6 Å². The molecule has 2 heteroatoms. The third-order valence-corrected chi connectivity index (χ3v) is 5.97. The van der Waals surface area contributed by atoms with E-state index in [4.69, 9.17) is 0 Å². The van der Waals surface area contributed by atoms with Gasteiger partial charge in [-0.2, -0.15) is 0 Å². The topological polar surface area (TPSA) is 6.48 Å². The van der Waals surface area contributed by atoms with Crippen LogP contribution in [0.2, 0.25) is 0 Å². The highest BCUT2D eigenvalue weighted by atomic mass is 15.3. The quantitative estimate of drug-likeness (QED) is 0.635. The first-order valence-corrected chi connectivity index (χ1v) is 7.91. The Bertz CT molecular complexity index is 289. The molecule has 0 aromatic heterocycles. The van der Waals surface area contributed by atoms with E-state index in [2.05, 4.69) is 9.80 Å². The molecule has 0 aromatic rings. The van der Waals surface area contributed by atoms with Crippen LogP contribution in [0.1, 0.15) is 44.9 Å². The Morgan fingerprint density at radius 3 is 2.47 bits per heavy atom. The summed E-state index contributed by atoms with van der Waals surface area (Å²) >= 11 is 0. The van der Waals surface area contributed by atoms with Crippen LogP contribution in [-0.2, 0) is 0 Å². The van der Waals surface area contributed by atoms with Gasteiger partial charge in [-0.25, -0.2) is 0 Å². The van der Waals surface area contributed by atoms with Gasteiger partial charge in [0.15, 0.2) is 0 Å². The molecule has 0 amide bonds. The van der Waals surface area contributed by atoms with Crippen LogP contribution in [0.4, 0.5) is 0 Å². The normalized spacial score (nSPS) is 47.3. The number of hydrogen-bond acceptors (Lipinski definition) is 2. The molecule has 4 heterocycles. The van der Waals surface area contributed by atoms with E-state index in [0.29, 0.717) is 0 Å². The number of hydrogen-bond donors (Lipinski definition) is 0. The van der Waals surface area contributed by atoms with Gasteiger partial charge in [-0.15, -0.1) is 0 Å². The summed E-state index contributed by atoms with van der Waals surface area (Å²) in [6, 6.07) is 1.95. The van der Waals surface area contributed by atoms with Crippen LogP contribution in [0.5, 0.6) is 0 Å². The summed E-state index contributed by atoms with van der Waals surface area (Å²) < 4.78 is 0. The minimum Gasteiger partial charge on any atom is -0.300 e. The van der Waals surface area contributed by atoms with E-state index >= 15 is 0 Å². The van der Waals surface area contributed by atoms with Crippen LogP contribution in [0.15, 0.2) is 0 Å². The summed E-state index contributed by atoms with van der Waals surface area (Å²) in [4.78, 5) is 5.75. The molecule has 0 aliphatic carbocycles. The zero-order chi connectivity index (χ0) is 11.2. The average molecular weight is 234 g/mol. The first-order valence-electron chi connectivity index (χ1n) is 7.91. The first-order chi connectivity index (χ1) is 8.43. The maximum absolute atomic E-state index is 2.88. The van der Waals surface area contributed by atoms with Gasteiger partial charge in [0.1, 0.15) is 0 Å². The molecule has 96 valence electrons. The van der Waals surface area contributed by atoms with E-state index in [0.717, 1.165) is 23.9 Å². The highest BCUT2D eigenvalue weighted by molar-refractivity contribution is 5.03. The standard InChI is InChI=1S/C15H26N2/c1-2-8-17-11-12-5-3-9-16-10-4-6-13(15(12)16)14(17)7-1/h12-15H,1-11H2/t12-,13+,14-,15-/m1/s1. The molecule has 0 saturated carbocycles. The Morgan fingerprint density at radius 2 is 1.53 bits per heavy atom. The fourth-order valence-electron chi connectivity index (χ4n) is 5.41. The first kappa shape index (κ1) is 10.8. The molecule has 0 unspecified atom stereocenters. The summed E-state index contributed by atoms with van der Waals surface area (Å²) in [5, 5.41) is 0. The largest absolute Gasteiger partial charge is 0.300 e. The molecule has 4 saturated heterocycles. The summed E-state index contributed by atoms with van der Waals surface area (Å²) in [7, 11) is 0. The second-order valence-corrected chi connectivity index (χ2v) is 6.79. The monoisotopic (exact) mass is 234 g/mol. The highest BCUT2D eigenvalue weighted by Crippen LogP contribution is 2.44. The molecule has 4 atom stereocenters. The van der Waals surface area contributed by atoms with Crippen LogP contribution in [0, 0.1) is 11.8 Å². The number of rotatable bonds is 0. The van der Waals surface area contributed by atoms with Crippen molar-refractivity contribution in [2.24, 2.45) is 11.8 Å². The lowest BCUT2D eigenvalue weighted by atomic mass is 9.68. The fraction of sp³-hybridized carbons (Fsp3) is 1.00. The molecule has 0 radical (unpaired) electrons. The van der Waals surface area contributed by atoms with Crippen LogP contribution < -0.4 is 0 Å². The van der Waals surface area contributed by atoms with Gasteiger partial charge in [-0.05, 0) is 70.0 Å². The van der Waals surface area contributed by atoms with Crippen molar-refractivity contribution in [2.45, 2.75) is 57.0 Å². The lowest BCUT2D eigenvalue weighted by Gasteiger charge is -2.58. The van der Waals surface area contributed by atoms with Crippen LogP contribution in [0.25, 0.3) is 0 Å². The summed E-state index contributed by atoms with van der Waals surface area (Å²) in [6.45, 7) is 5.65. The van der Waals surface area contributed by atoms with Gasteiger partial charge in [-0.3, -0.25) is 9.80 Å². The second kappa shape index (κ2) is 4.24. The smallest absolute Gasteiger partial charge is 0.0179 e. The molecule has 0 bridgehead atoms. The third kappa shape index (κ3) is 1.67. The Labute approximate surface area is 105 Å². The molecule has 4 fully saturated rings. The maximum atomic E-state index is 2.88. The molecule has 2 nitrogen and oxygen atoms in total. The Morgan fingerprint density at radius 1 is 0.706 bits per heavy atom. The number of nitrogens with zero attached hydrogens (tertiary/aromatic N) is 2. The van der Waals surface area contributed by atoms with E-state index < -0.39 is 0 Å². The van der Waals surface area contributed by atoms with Gasteiger partial charge < -0.3 is 0 Å². The number of piperidine rings is 4. The van der Waals surface area contributed by atoms with Crippen molar-refractivity contribution >= 4 is 0 Å². The number of fused-ring (bicyclic) bond motifs is 2. The van der Waals surface area contributed by atoms with Gasteiger partial charge >= 0.3 is 0 Å². The molecule has 4 aliphatic heterocycles. The molecular formula is C15H26N2. The SMILES string of the molecule is C1CCN2C[C@H]3CCCN4CCC[C@H]([C@@H]34)[C@H]2C1. The van der Waals surface area contributed by atoms with E-state index in [1.165, 1.54) is 71.1 Å². The lowest BCUT2D eigenvalue weighted by molar-refractivity contribution is -0.0859. The molecule has 0 N–H and O–H groups in total. The van der Waals surface area contributed by atoms with E-state index in [1.807, 2.05) is 0 Å². The summed E-state index contributed by atoms with van der Waals surface area (Å²) in [5.74, 6) is 2.05. The highest BCUT2D eigenvalue weighted by Gasteiger charge is 2.48. The molecule has 4 rings (SSSR count). The Balaban J connectivity index is 1.63. The third-order valence-electron chi connectivity index (χ3n) is 5.97. The van der Waals surface area contributed by atoms with Gasteiger partial charge in [0.05, 0.1) is 0 Å². The van der Waals surface area contributed by atoms with Crippen molar-refractivity contribution in [1.29, 1.82) is 0 Å².